The molecule has 1 atom stereocenters. The number of nitro groups is 1. The van der Waals surface area contributed by atoms with Gasteiger partial charge in [0.2, 0.25) is 21.8 Å². The summed E-state index contributed by atoms with van der Waals surface area (Å²) in [7, 11) is -2.85. The number of nitro benzene ring substituents is 1. The van der Waals surface area contributed by atoms with Gasteiger partial charge in [0.15, 0.2) is 0 Å². The van der Waals surface area contributed by atoms with E-state index in [2.05, 4.69) is 5.32 Å². The second-order valence-electron chi connectivity index (χ2n) is 9.66. The number of nitrogens with zero attached hydrogens (tertiary/aromatic N) is 3. The zero-order chi connectivity index (χ0) is 28.8. The number of non-ortho nitro benzene ring substituents is 1. The minimum atomic E-state index is -4.13. The molecule has 0 radical (unpaired) electrons. The summed E-state index contributed by atoms with van der Waals surface area (Å²) in [5, 5.41) is 14.6. The monoisotopic (exact) mass is 568 g/mol. The summed E-state index contributed by atoms with van der Waals surface area (Å²) in [6, 6.07) is 9.29. The number of carbonyl (C=O) groups is 2. The highest BCUT2D eigenvalue weighted by Crippen LogP contribution is 2.34. The molecule has 2 aromatic rings. The Labute approximate surface area is 227 Å². The van der Waals surface area contributed by atoms with E-state index in [1.54, 1.807) is 52.0 Å². The molecule has 1 N–H and O–H groups in total. The average Bonchev–Trinajstić information content (AvgIpc) is 2.81. The number of anilines is 1. The Morgan fingerprint density at radius 3 is 2.32 bits per heavy atom. The van der Waals surface area contributed by atoms with Crippen molar-refractivity contribution < 1.29 is 27.7 Å². The summed E-state index contributed by atoms with van der Waals surface area (Å²) in [6.45, 7) is 6.34. The summed E-state index contributed by atoms with van der Waals surface area (Å²) in [6.07, 6.45) is 1.11. The fourth-order valence-electron chi connectivity index (χ4n) is 3.76. The van der Waals surface area contributed by atoms with Gasteiger partial charge in [-0.05, 0) is 44.9 Å². The van der Waals surface area contributed by atoms with Gasteiger partial charge in [-0.3, -0.25) is 24.0 Å². The lowest BCUT2D eigenvalue weighted by atomic mass is 10.1. The molecule has 0 spiro atoms. The van der Waals surface area contributed by atoms with Crippen molar-refractivity contribution in [2.24, 2.45) is 0 Å². The molecule has 0 bridgehead atoms. The summed E-state index contributed by atoms with van der Waals surface area (Å²) < 4.78 is 31.7. The number of benzene rings is 2. The fraction of sp³-hybridized carbons (Fsp3) is 0.440. The minimum Gasteiger partial charge on any atom is -0.495 e. The number of hydrogen-bond donors (Lipinski definition) is 1. The zero-order valence-corrected chi connectivity index (χ0v) is 23.8. The van der Waals surface area contributed by atoms with Crippen molar-refractivity contribution in [2.45, 2.75) is 52.2 Å². The molecule has 208 valence electrons. The first-order chi connectivity index (χ1) is 17.6. The van der Waals surface area contributed by atoms with E-state index in [1.807, 2.05) is 0 Å². The van der Waals surface area contributed by atoms with E-state index in [1.165, 1.54) is 18.1 Å². The molecule has 0 aliphatic carbocycles. The Morgan fingerprint density at radius 2 is 1.82 bits per heavy atom. The molecule has 2 rings (SSSR count). The third-order valence-electron chi connectivity index (χ3n) is 5.50. The number of halogens is 1. The molecule has 0 aliphatic heterocycles. The number of methoxy groups -OCH3 is 1. The van der Waals surface area contributed by atoms with Crippen molar-refractivity contribution >= 4 is 44.8 Å². The number of sulfonamides is 1. The molecule has 0 saturated heterocycles. The van der Waals surface area contributed by atoms with E-state index < -0.39 is 44.9 Å². The van der Waals surface area contributed by atoms with Crippen LogP contribution in [0.25, 0.3) is 0 Å². The first kappa shape index (κ1) is 30.8. The predicted molar refractivity (Wildman–Crippen MR) is 146 cm³/mol. The van der Waals surface area contributed by atoms with Gasteiger partial charge in [0.05, 0.1) is 18.3 Å². The zero-order valence-electron chi connectivity index (χ0n) is 22.2. The normalized spacial score (nSPS) is 12.4. The minimum absolute atomic E-state index is 0.0176. The van der Waals surface area contributed by atoms with Gasteiger partial charge in [-0.15, -0.1) is 0 Å². The van der Waals surface area contributed by atoms with Crippen LogP contribution in [0.2, 0.25) is 5.02 Å². The van der Waals surface area contributed by atoms with Crippen LogP contribution in [0, 0.1) is 10.1 Å². The SMILES string of the molecule is CC[C@@H](C(=O)NC(C)(C)C)N(Cc1ccccc1Cl)C(=O)CN(c1cc([N+](=O)[O-])ccc1OC)S(C)(=O)=O. The molecule has 0 saturated carbocycles. The van der Waals surface area contributed by atoms with Crippen LogP contribution in [0.3, 0.4) is 0 Å². The molecule has 2 amide bonds. The second-order valence-corrected chi connectivity index (χ2v) is 12.0. The summed E-state index contributed by atoms with van der Waals surface area (Å²) in [5.41, 5.74) is -0.588. The van der Waals surface area contributed by atoms with Crippen LogP contribution in [0.4, 0.5) is 11.4 Å². The molecular formula is C25H33ClN4O7S. The molecule has 0 heterocycles. The maximum Gasteiger partial charge on any atom is 0.271 e. The van der Waals surface area contributed by atoms with Crippen LogP contribution in [0.15, 0.2) is 42.5 Å². The first-order valence-corrected chi connectivity index (χ1v) is 14.0. The van der Waals surface area contributed by atoms with Crippen molar-refractivity contribution in [3.8, 4) is 5.75 Å². The molecule has 11 nitrogen and oxygen atoms in total. The van der Waals surface area contributed by atoms with Gasteiger partial charge in [0.25, 0.3) is 5.69 Å². The molecular weight excluding hydrogens is 536 g/mol. The van der Waals surface area contributed by atoms with E-state index >= 15 is 0 Å². The average molecular weight is 569 g/mol. The van der Waals surface area contributed by atoms with Gasteiger partial charge in [-0.25, -0.2) is 8.42 Å². The van der Waals surface area contributed by atoms with Crippen molar-refractivity contribution in [1.29, 1.82) is 0 Å². The first-order valence-electron chi connectivity index (χ1n) is 11.7. The quantitative estimate of drug-likeness (QED) is 0.322. The largest absolute Gasteiger partial charge is 0.495 e. The molecule has 38 heavy (non-hydrogen) atoms. The Balaban J connectivity index is 2.60. The number of hydrogen-bond acceptors (Lipinski definition) is 7. The van der Waals surface area contributed by atoms with Gasteiger partial charge in [-0.2, -0.15) is 0 Å². The van der Waals surface area contributed by atoms with E-state index in [9.17, 15) is 28.1 Å². The van der Waals surface area contributed by atoms with Crippen LogP contribution in [-0.4, -0.2) is 61.5 Å². The van der Waals surface area contributed by atoms with E-state index in [4.69, 9.17) is 16.3 Å². The molecule has 0 unspecified atom stereocenters. The van der Waals surface area contributed by atoms with Gasteiger partial charge >= 0.3 is 0 Å². The van der Waals surface area contributed by atoms with Crippen molar-refractivity contribution in [3.63, 3.8) is 0 Å². The standard InChI is InChI=1S/C25H33ClN4O7S/c1-7-20(24(32)27-25(2,3)4)28(15-17-10-8-9-11-19(17)26)23(31)16-29(38(6,35)36)21-14-18(30(33)34)12-13-22(21)37-5/h8-14,20H,7,15-16H2,1-6H3,(H,27,32)/t20-/m0/s1. The van der Waals surface area contributed by atoms with E-state index in [0.29, 0.717) is 10.6 Å². The van der Waals surface area contributed by atoms with Crippen molar-refractivity contribution in [1.82, 2.24) is 10.2 Å². The maximum absolute atomic E-state index is 13.8. The fourth-order valence-corrected chi connectivity index (χ4v) is 4.80. The lowest BCUT2D eigenvalue weighted by Crippen LogP contribution is -2.55. The number of carbonyl (C=O) groups excluding carboxylic acids is 2. The predicted octanol–water partition coefficient (Wildman–Crippen LogP) is 3.74. The lowest BCUT2D eigenvalue weighted by molar-refractivity contribution is -0.384. The Kier molecular flexibility index (Phi) is 10.1. The van der Waals surface area contributed by atoms with Crippen LogP contribution in [-0.2, 0) is 26.2 Å². The molecule has 2 aromatic carbocycles. The Bertz CT molecular complexity index is 1290. The van der Waals surface area contributed by atoms with E-state index in [0.717, 1.165) is 22.7 Å². The van der Waals surface area contributed by atoms with Crippen molar-refractivity contribution in [3.05, 3.63) is 63.2 Å². The van der Waals surface area contributed by atoms with Crippen LogP contribution >= 0.6 is 11.6 Å². The summed E-state index contributed by atoms with van der Waals surface area (Å²) in [4.78, 5) is 39.0. The van der Waals surface area contributed by atoms with Gasteiger partial charge in [0, 0.05) is 29.2 Å². The molecule has 0 aliphatic rings. The topological polar surface area (TPSA) is 139 Å². The summed E-state index contributed by atoms with van der Waals surface area (Å²) >= 11 is 6.34. The highest BCUT2D eigenvalue weighted by atomic mass is 35.5. The second kappa shape index (κ2) is 12.4. The van der Waals surface area contributed by atoms with Gasteiger partial charge in [-0.1, -0.05) is 36.7 Å². The summed E-state index contributed by atoms with van der Waals surface area (Å²) in [5.74, 6) is -1.11. The molecule has 13 heteroatoms. The maximum atomic E-state index is 13.8. The number of ether oxygens (including phenoxy) is 1. The van der Waals surface area contributed by atoms with E-state index in [-0.39, 0.29) is 30.1 Å². The van der Waals surface area contributed by atoms with Gasteiger partial charge < -0.3 is 15.0 Å². The van der Waals surface area contributed by atoms with Crippen LogP contribution in [0.1, 0.15) is 39.7 Å². The number of amides is 2. The highest BCUT2D eigenvalue weighted by Gasteiger charge is 2.34. The number of nitrogens with one attached hydrogen (secondary N) is 1. The molecule has 0 aromatic heterocycles. The third kappa shape index (κ3) is 8.06. The number of rotatable bonds is 11. The van der Waals surface area contributed by atoms with Crippen LogP contribution < -0.4 is 14.4 Å². The Morgan fingerprint density at radius 1 is 1.18 bits per heavy atom. The lowest BCUT2D eigenvalue weighted by Gasteiger charge is -2.34. The van der Waals surface area contributed by atoms with Crippen LogP contribution in [0.5, 0.6) is 5.75 Å². The van der Waals surface area contributed by atoms with Gasteiger partial charge in [0.1, 0.15) is 24.0 Å². The molecule has 0 fully saturated rings. The third-order valence-corrected chi connectivity index (χ3v) is 7.00. The smallest absolute Gasteiger partial charge is 0.271 e. The Hall–Kier alpha value is -3.38. The van der Waals surface area contributed by atoms with Crippen molar-refractivity contribution in [2.75, 3.05) is 24.2 Å². The highest BCUT2D eigenvalue weighted by molar-refractivity contribution is 7.92.